The summed E-state index contributed by atoms with van der Waals surface area (Å²) in [6.07, 6.45) is 0.803. The number of fused-ring (bicyclic) bond motifs is 1. The highest BCUT2D eigenvalue weighted by atomic mass is 16.5. The van der Waals surface area contributed by atoms with Crippen LogP contribution in [0.3, 0.4) is 0 Å². The van der Waals surface area contributed by atoms with Gasteiger partial charge < -0.3 is 15.4 Å². The third-order valence-corrected chi connectivity index (χ3v) is 6.19. The van der Waals surface area contributed by atoms with Crippen LogP contribution in [-0.2, 0) is 19.1 Å². The predicted octanol–water partition coefficient (Wildman–Crippen LogP) is -0.338. The zero-order chi connectivity index (χ0) is 22.3. The number of carbonyl (C=O) groups is 5. The maximum absolute atomic E-state index is 13.0. The average molecular weight is 428 g/mol. The molecule has 1 aromatic rings. The van der Waals surface area contributed by atoms with E-state index in [0.717, 1.165) is 4.90 Å². The quantitative estimate of drug-likeness (QED) is 0.491. The van der Waals surface area contributed by atoms with Crippen LogP contribution in [-0.4, -0.2) is 67.3 Å². The molecule has 4 rings (SSSR count). The molecule has 4 amide bonds. The number of piperidine rings is 2. The van der Waals surface area contributed by atoms with Crippen LogP contribution in [0.5, 0.6) is 0 Å². The molecule has 0 aromatic heterocycles. The van der Waals surface area contributed by atoms with Crippen molar-refractivity contribution < 1.29 is 28.7 Å². The van der Waals surface area contributed by atoms with E-state index in [4.69, 9.17) is 10.5 Å². The van der Waals surface area contributed by atoms with Crippen molar-refractivity contribution in [2.75, 3.05) is 31.6 Å². The smallest absolute Gasteiger partial charge is 0.310 e. The lowest BCUT2D eigenvalue weighted by Gasteiger charge is -2.37. The van der Waals surface area contributed by atoms with Crippen LogP contribution >= 0.6 is 0 Å². The maximum atomic E-state index is 13.0. The van der Waals surface area contributed by atoms with Gasteiger partial charge in [-0.15, -0.1) is 0 Å². The Morgan fingerprint density at radius 2 is 1.90 bits per heavy atom. The first-order valence-electron chi connectivity index (χ1n) is 10.2. The van der Waals surface area contributed by atoms with Crippen LogP contribution < -0.4 is 16.0 Å². The number of rotatable bonds is 4. The van der Waals surface area contributed by atoms with Gasteiger partial charge in [-0.2, -0.15) is 0 Å². The van der Waals surface area contributed by atoms with Crippen molar-refractivity contribution in [3.63, 3.8) is 0 Å². The second-order valence-electron chi connectivity index (χ2n) is 8.14. The molecule has 2 fully saturated rings. The summed E-state index contributed by atoms with van der Waals surface area (Å²) >= 11 is 0. The fraction of sp³-hybridized carbons (Fsp3) is 0.476. The number of esters is 1. The summed E-state index contributed by atoms with van der Waals surface area (Å²) in [6.45, 7) is 1.44. The Morgan fingerprint density at radius 1 is 1.16 bits per heavy atom. The fourth-order valence-electron chi connectivity index (χ4n) is 4.58. The van der Waals surface area contributed by atoms with E-state index in [1.165, 1.54) is 7.11 Å². The van der Waals surface area contributed by atoms with E-state index in [2.05, 4.69) is 5.32 Å². The maximum Gasteiger partial charge on any atom is 0.310 e. The summed E-state index contributed by atoms with van der Waals surface area (Å²) in [4.78, 5) is 64.5. The highest BCUT2D eigenvalue weighted by Gasteiger charge is 2.45. The molecular weight excluding hydrogens is 404 g/mol. The van der Waals surface area contributed by atoms with Gasteiger partial charge in [-0.3, -0.25) is 34.2 Å². The molecule has 0 aliphatic carbocycles. The first-order valence-corrected chi connectivity index (χ1v) is 10.2. The van der Waals surface area contributed by atoms with Gasteiger partial charge in [0.15, 0.2) is 0 Å². The number of nitrogens with two attached hydrogens (primary N) is 1. The summed E-state index contributed by atoms with van der Waals surface area (Å²) in [5.41, 5.74) is 6.97. The van der Waals surface area contributed by atoms with Gasteiger partial charge in [0.1, 0.15) is 6.04 Å². The molecule has 0 radical (unpaired) electrons. The van der Waals surface area contributed by atoms with Gasteiger partial charge in [-0.05, 0) is 43.5 Å². The Kier molecular flexibility index (Phi) is 5.48. The molecule has 10 nitrogen and oxygen atoms in total. The highest BCUT2D eigenvalue weighted by molar-refractivity contribution is 6.23. The normalized spacial score (nSPS) is 26.1. The van der Waals surface area contributed by atoms with E-state index in [1.807, 2.05) is 4.90 Å². The number of carbonyl (C=O) groups excluding carboxylic acids is 5. The molecule has 2 saturated heterocycles. The number of benzene rings is 1. The van der Waals surface area contributed by atoms with Gasteiger partial charge in [0.25, 0.3) is 11.8 Å². The first-order chi connectivity index (χ1) is 14.8. The van der Waals surface area contributed by atoms with E-state index in [0.29, 0.717) is 31.7 Å². The Hall–Kier alpha value is -3.27. The summed E-state index contributed by atoms with van der Waals surface area (Å²) in [5, 5.41) is 2.18. The van der Waals surface area contributed by atoms with Crippen molar-refractivity contribution >= 4 is 35.3 Å². The van der Waals surface area contributed by atoms with Gasteiger partial charge in [0.2, 0.25) is 11.8 Å². The Bertz CT molecular complexity index is 977. The molecule has 10 heteroatoms. The molecule has 31 heavy (non-hydrogen) atoms. The fourth-order valence-corrected chi connectivity index (χ4v) is 4.58. The van der Waals surface area contributed by atoms with E-state index < -0.39 is 29.7 Å². The SMILES string of the molecule is COC(=O)C1CC(CN)CN(c2ccc3c(c2)C(=O)N(C2CCC(=O)NC2=O)C3=O)C1. The zero-order valence-electron chi connectivity index (χ0n) is 17.1. The van der Waals surface area contributed by atoms with Crippen molar-refractivity contribution in [3.8, 4) is 0 Å². The van der Waals surface area contributed by atoms with E-state index in [9.17, 15) is 24.0 Å². The van der Waals surface area contributed by atoms with Crippen LogP contribution in [0.4, 0.5) is 5.69 Å². The number of nitrogens with zero attached hydrogens (tertiary/aromatic N) is 2. The summed E-state index contributed by atoms with van der Waals surface area (Å²) in [6, 6.07) is 3.91. The molecule has 3 N–H and O–H groups in total. The van der Waals surface area contributed by atoms with Gasteiger partial charge in [-0.1, -0.05) is 0 Å². The molecular formula is C21H24N4O6. The standard InChI is InChI=1S/C21H24N4O6/c1-31-21(30)12-6-11(8-22)9-24(10-12)13-2-3-14-15(7-13)20(29)25(19(14)28)16-4-5-17(26)23-18(16)27/h2-3,7,11-12,16H,4-6,8-10,22H2,1H3,(H,23,26,27). The van der Waals surface area contributed by atoms with Crippen LogP contribution in [0.15, 0.2) is 18.2 Å². The molecule has 3 aliphatic heterocycles. The van der Waals surface area contributed by atoms with Crippen molar-refractivity contribution in [1.29, 1.82) is 0 Å². The third kappa shape index (κ3) is 3.67. The number of ether oxygens (including phenoxy) is 1. The molecule has 3 heterocycles. The van der Waals surface area contributed by atoms with E-state index >= 15 is 0 Å². The van der Waals surface area contributed by atoms with Crippen LogP contribution in [0.1, 0.15) is 40.0 Å². The second-order valence-corrected chi connectivity index (χ2v) is 8.14. The molecule has 1 aromatic carbocycles. The summed E-state index contributed by atoms with van der Waals surface area (Å²) < 4.78 is 4.90. The largest absolute Gasteiger partial charge is 0.469 e. The summed E-state index contributed by atoms with van der Waals surface area (Å²) in [5.74, 6) is -2.73. The predicted molar refractivity (Wildman–Crippen MR) is 108 cm³/mol. The first kappa shape index (κ1) is 21.0. The highest BCUT2D eigenvalue weighted by Crippen LogP contribution is 2.33. The number of imide groups is 2. The Balaban J connectivity index is 1.60. The minimum atomic E-state index is -1.01. The van der Waals surface area contributed by atoms with Crippen LogP contribution in [0.2, 0.25) is 0 Å². The molecule has 3 atom stereocenters. The molecule has 0 saturated carbocycles. The number of methoxy groups -OCH3 is 1. The lowest BCUT2D eigenvalue weighted by molar-refractivity contribution is -0.146. The molecule has 3 aliphatic rings. The Labute approximate surface area is 178 Å². The van der Waals surface area contributed by atoms with Gasteiger partial charge in [0.05, 0.1) is 24.2 Å². The van der Waals surface area contributed by atoms with Gasteiger partial charge in [0, 0.05) is 25.2 Å². The number of nitrogens with one attached hydrogen (secondary N) is 1. The number of hydrogen-bond acceptors (Lipinski definition) is 8. The molecule has 164 valence electrons. The second kappa shape index (κ2) is 8.10. The minimum Gasteiger partial charge on any atom is -0.469 e. The number of anilines is 1. The molecule has 0 bridgehead atoms. The van der Waals surface area contributed by atoms with Crippen molar-refractivity contribution in [3.05, 3.63) is 29.3 Å². The monoisotopic (exact) mass is 428 g/mol. The number of hydrogen-bond donors (Lipinski definition) is 2. The minimum absolute atomic E-state index is 0.0677. The lowest BCUT2D eigenvalue weighted by Crippen LogP contribution is -2.54. The lowest BCUT2D eigenvalue weighted by atomic mass is 9.88. The van der Waals surface area contributed by atoms with E-state index in [1.54, 1.807) is 18.2 Å². The average Bonchev–Trinajstić information content (AvgIpc) is 3.02. The zero-order valence-corrected chi connectivity index (χ0v) is 17.1. The van der Waals surface area contributed by atoms with Crippen molar-refractivity contribution in [2.45, 2.75) is 25.3 Å². The van der Waals surface area contributed by atoms with Crippen LogP contribution in [0, 0.1) is 11.8 Å². The number of amides is 4. The van der Waals surface area contributed by atoms with Crippen molar-refractivity contribution in [1.82, 2.24) is 10.2 Å². The Morgan fingerprint density at radius 3 is 2.58 bits per heavy atom. The van der Waals surface area contributed by atoms with Gasteiger partial charge in [-0.25, -0.2) is 0 Å². The van der Waals surface area contributed by atoms with Gasteiger partial charge >= 0.3 is 5.97 Å². The van der Waals surface area contributed by atoms with Crippen molar-refractivity contribution in [2.24, 2.45) is 17.6 Å². The summed E-state index contributed by atoms with van der Waals surface area (Å²) in [7, 11) is 1.35. The molecule has 0 spiro atoms. The van der Waals surface area contributed by atoms with Crippen LogP contribution in [0.25, 0.3) is 0 Å². The van der Waals surface area contributed by atoms with E-state index in [-0.39, 0.29) is 41.8 Å². The topological polar surface area (TPSA) is 139 Å². The molecule has 3 unspecified atom stereocenters. The third-order valence-electron chi connectivity index (χ3n) is 6.19.